The highest BCUT2D eigenvalue weighted by Crippen LogP contribution is 2.22. The molecule has 4 nitrogen and oxygen atoms in total. The minimum Gasteiger partial charge on any atom is -0.304 e. The molecule has 0 atom stereocenters. The summed E-state index contributed by atoms with van der Waals surface area (Å²) in [5.74, 6) is 0.383. The van der Waals surface area contributed by atoms with Gasteiger partial charge in [-0.2, -0.15) is 0 Å². The minimum absolute atomic E-state index is 0.157. The van der Waals surface area contributed by atoms with Crippen LogP contribution in [0, 0.1) is 18.7 Å². The Morgan fingerprint density at radius 2 is 1.88 bits per heavy atom. The van der Waals surface area contributed by atoms with Crippen molar-refractivity contribution < 1.29 is 4.39 Å². The summed E-state index contributed by atoms with van der Waals surface area (Å²) in [4.78, 5) is 4.86. The second-order valence-corrected chi connectivity index (χ2v) is 7.96. The lowest BCUT2D eigenvalue weighted by atomic mass is 10.1. The number of hydrogen-bond acceptors (Lipinski definition) is 4. The van der Waals surface area contributed by atoms with Gasteiger partial charge >= 0.3 is 0 Å². The molecule has 2 aliphatic heterocycles. The Hall–Kier alpha value is -1.85. The Labute approximate surface area is 156 Å². The number of rotatable bonds is 5. The predicted molar refractivity (Wildman–Crippen MR) is 106 cm³/mol. The van der Waals surface area contributed by atoms with E-state index in [0.29, 0.717) is 11.5 Å². The molecule has 26 heavy (non-hydrogen) atoms. The third-order valence-corrected chi connectivity index (χ3v) is 4.96. The largest absolute Gasteiger partial charge is 0.304 e. The van der Waals surface area contributed by atoms with Gasteiger partial charge < -0.3 is 4.90 Å². The molecule has 0 bridgehead atoms. The van der Waals surface area contributed by atoms with Crippen molar-refractivity contribution in [1.82, 2.24) is 20.2 Å². The maximum absolute atomic E-state index is 14.1. The van der Waals surface area contributed by atoms with E-state index in [4.69, 9.17) is 0 Å². The fourth-order valence-electron chi connectivity index (χ4n) is 3.39. The highest BCUT2D eigenvalue weighted by molar-refractivity contribution is 5.68. The van der Waals surface area contributed by atoms with Gasteiger partial charge in [0.2, 0.25) is 0 Å². The molecule has 5 heteroatoms. The highest BCUT2D eigenvalue weighted by Gasteiger charge is 2.19. The fourth-order valence-corrected chi connectivity index (χ4v) is 3.39. The van der Waals surface area contributed by atoms with Crippen LogP contribution in [0.4, 0.5) is 4.39 Å². The van der Waals surface area contributed by atoms with Crippen LogP contribution in [-0.4, -0.2) is 61.1 Å². The predicted octanol–water partition coefficient (Wildman–Crippen LogP) is 3.08. The molecule has 1 aromatic carbocycles. The van der Waals surface area contributed by atoms with Crippen LogP contribution >= 0.6 is 0 Å². The Morgan fingerprint density at radius 1 is 1.15 bits per heavy atom. The number of nitrogens with zero attached hydrogens (tertiary/aromatic N) is 3. The molecule has 0 radical (unpaired) electrons. The molecule has 0 saturated carbocycles. The van der Waals surface area contributed by atoms with Gasteiger partial charge in [0, 0.05) is 51.0 Å². The summed E-state index contributed by atoms with van der Waals surface area (Å²) in [6, 6.07) is 5.46. The lowest BCUT2D eigenvalue weighted by molar-refractivity contribution is 0.163. The number of benzene rings is 1. The zero-order valence-corrected chi connectivity index (χ0v) is 16.4. The van der Waals surface area contributed by atoms with E-state index in [1.165, 1.54) is 5.57 Å². The molecule has 2 heterocycles. The Morgan fingerprint density at radius 3 is 2.54 bits per heavy atom. The molecular weight excluding hydrogens is 327 g/mol. The van der Waals surface area contributed by atoms with Gasteiger partial charge in [-0.25, -0.2) is 4.39 Å². The molecule has 0 amide bonds. The van der Waals surface area contributed by atoms with Crippen LogP contribution in [0.15, 0.2) is 36.0 Å². The van der Waals surface area contributed by atoms with Crippen LogP contribution in [0.2, 0.25) is 0 Å². The summed E-state index contributed by atoms with van der Waals surface area (Å²) in [6.45, 7) is 12.5. The molecule has 1 saturated heterocycles. The average molecular weight is 359 g/mol. The van der Waals surface area contributed by atoms with Gasteiger partial charge in [0.15, 0.2) is 0 Å². The molecule has 1 N–H and O–H groups in total. The Balaban J connectivity index is 1.80. The lowest BCUT2D eigenvalue weighted by Gasteiger charge is -2.35. The third-order valence-electron chi connectivity index (χ3n) is 4.96. The van der Waals surface area contributed by atoms with Crippen molar-refractivity contribution in [2.75, 3.05) is 46.3 Å². The number of likely N-dealkylation sites (N-methyl/N-ethyl adjacent to an activating group) is 1. The Kier molecular flexibility index (Phi) is 5.99. The number of halogens is 1. The van der Waals surface area contributed by atoms with Gasteiger partial charge in [-0.3, -0.25) is 15.3 Å². The average Bonchev–Trinajstić information content (AvgIpc) is 2.58. The number of piperazine rings is 1. The summed E-state index contributed by atoms with van der Waals surface area (Å²) in [6.07, 6.45) is 4.37. The van der Waals surface area contributed by atoms with E-state index in [0.717, 1.165) is 50.5 Å². The molecule has 3 rings (SSSR count). The van der Waals surface area contributed by atoms with Crippen molar-refractivity contribution in [1.29, 1.82) is 0 Å². The lowest BCUT2D eigenvalue weighted by Crippen LogP contribution is -2.45. The molecule has 0 aliphatic carbocycles. The van der Waals surface area contributed by atoms with E-state index in [1.54, 1.807) is 13.0 Å². The standard InChI is InChI=1S/C21H31FN4/c1-16(2)13-26-15-18(14-25-9-7-24(4)8-10-25)11-21(23-26)19-6-5-17(3)20(22)12-19/h5-6,11-12,15-16,23H,7-10,13-14H2,1-4H3. The second kappa shape index (κ2) is 8.23. The smallest absolute Gasteiger partial charge is 0.126 e. The van der Waals surface area contributed by atoms with Crippen molar-refractivity contribution in [3.05, 3.63) is 53.0 Å². The SMILES string of the molecule is Cc1ccc(C2=CC(CN3CCN(C)CC3)=CN(CC(C)C)N2)cc1F. The van der Waals surface area contributed by atoms with Crippen LogP contribution in [0.3, 0.4) is 0 Å². The van der Waals surface area contributed by atoms with E-state index in [-0.39, 0.29) is 5.82 Å². The summed E-state index contributed by atoms with van der Waals surface area (Å²) in [5.41, 5.74) is 7.26. The van der Waals surface area contributed by atoms with E-state index in [2.05, 4.69) is 53.4 Å². The molecule has 0 unspecified atom stereocenters. The molecule has 2 aliphatic rings. The first kappa shape index (κ1) is 18.9. The van der Waals surface area contributed by atoms with Gasteiger partial charge in [-0.05, 0) is 43.2 Å². The van der Waals surface area contributed by atoms with Crippen molar-refractivity contribution >= 4 is 5.70 Å². The van der Waals surface area contributed by atoms with Crippen LogP contribution in [-0.2, 0) is 0 Å². The molecular formula is C21H31FN4. The van der Waals surface area contributed by atoms with Gasteiger partial charge in [-0.15, -0.1) is 0 Å². The zero-order chi connectivity index (χ0) is 18.7. The summed E-state index contributed by atoms with van der Waals surface area (Å²) in [7, 11) is 2.18. The van der Waals surface area contributed by atoms with E-state index < -0.39 is 0 Å². The molecule has 142 valence electrons. The number of nitrogens with one attached hydrogen (secondary N) is 1. The summed E-state index contributed by atoms with van der Waals surface area (Å²) >= 11 is 0. The van der Waals surface area contributed by atoms with Gasteiger partial charge in [0.1, 0.15) is 5.82 Å². The van der Waals surface area contributed by atoms with Crippen molar-refractivity contribution in [2.45, 2.75) is 20.8 Å². The van der Waals surface area contributed by atoms with Gasteiger partial charge in [-0.1, -0.05) is 26.0 Å². The van der Waals surface area contributed by atoms with Crippen molar-refractivity contribution in [2.24, 2.45) is 5.92 Å². The maximum atomic E-state index is 14.1. The first-order valence-electron chi connectivity index (χ1n) is 9.54. The van der Waals surface area contributed by atoms with Gasteiger partial charge in [0.25, 0.3) is 0 Å². The van der Waals surface area contributed by atoms with Crippen LogP contribution in [0.1, 0.15) is 25.0 Å². The fraction of sp³-hybridized carbons (Fsp3) is 0.524. The normalized spacial score (nSPS) is 19.4. The van der Waals surface area contributed by atoms with Crippen molar-refractivity contribution in [3.8, 4) is 0 Å². The zero-order valence-electron chi connectivity index (χ0n) is 16.4. The minimum atomic E-state index is -0.157. The topological polar surface area (TPSA) is 21.8 Å². The third kappa shape index (κ3) is 4.86. The van der Waals surface area contributed by atoms with E-state index >= 15 is 0 Å². The Bertz CT molecular complexity index is 687. The summed E-state index contributed by atoms with van der Waals surface area (Å²) in [5, 5.41) is 2.14. The molecule has 0 aromatic heterocycles. The number of hydrogen-bond donors (Lipinski definition) is 1. The quantitative estimate of drug-likeness (QED) is 0.873. The van der Waals surface area contributed by atoms with Crippen LogP contribution in [0.5, 0.6) is 0 Å². The molecule has 1 aromatic rings. The summed E-state index contributed by atoms with van der Waals surface area (Å²) < 4.78 is 14.1. The first-order valence-corrected chi connectivity index (χ1v) is 9.54. The van der Waals surface area contributed by atoms with Crippen LogP contribution in [0.25, 0.3) is 5.70 Å². The first-order chi connectivity index (χ1) is 12.4. The second-order valence-electron chi connectivity index (χ2n) is 7.96. The molecule has 0 spiro atoms. The monoisotopic (exact) mass is 358 g/mol. The van der Waals surface area contributed by atoms with Crippen LogP contribution < -0.4 is 5.43 Å². The van der Waals surface area contributed by atoms with Gasteiger partial charge in [0.05, 0.1) is 5.70 Å². The number of hydrazine groups is 1. The van der Waals surface area contributed by atoms with E-state index in [9.17, 15) is 4.39 Å². The van der Waals surface area contributed by atoms with E-state index in [1.807, 2.05) is 12.1 Å². The molecule has 1 fully saturated rings. The number of aryl methyl sites for hydroxylation is 1. The maximum Gasteiger partial charge on any atom is 0.126 e. The van der Waals surface area contributed by atoms with Crippen molar-refractivity contribution in [3.63, 3.8) is 0 Å². The highest BCUT2D eigenvalue weighted by atomic mass is 19.1.